The van der Waals surface area contributed by atoms with Crippen LogP contribution in [0.3, 0.4) is 0 Å². The molecule has 1 aromatic carbocycles. The molecular weight excluding hydrogens is 473 g/mol. The van der Waals surface area contributed by atoms with Gasteiger partial charge in [0.05, 0.1) is 6.61 Å². The lowest BCUT2D eigenvalue weighted by Crippen LogP contribution is -2.36. The van der Waals surface area contributed by atoms with E-state index in [2.05, 4.69) is 47.4 Å². The summed E-state index contributed by atoms with van der Waals surface area (Å²) in [5.41, 5.74) is 1.35. The monoisotopic (exact) mass is 500 g/mol. The summed E-state index contributed by atoms with van der Waals surface area (Å²) in [5.74, 6) is 1.04. The highest BCUT2D eigenvalue weighted by atomic mass is 32.2. The molecule has 0 radical (unpaired) electrons. The van der Waals surface area contributed by atoms with Gasteiger partial charge in [-0.05, 0) is 56.1 Å². The van der Waals surface area contributed by atoms with Crippen molar-refractivity contribution in [3.05, 3.63) is 48.5 Å². The number of likely N-dealkylation sites (tertiary alicyclic amines) is 1. The Hall–Kier alpha value is -2.31. The molecule has 3 aromatic rings. The van der Waals surface area contributed by atoms with Gasteiger partial charge < -0.3 is 9.46 Å². The lowest BCUT2D eigenvalue weighted by molar-refractivity contribution is -0.110. The van der Waals surface area contributed by atoms with Crippen molar-refractivity contribution in [1.82, 2.24) is 24.5 Å². The highest BCUT2D eigenvalue weighted by molar-refractivity contribution is 8.00. The number of fused-ring (bicyclic) bond motifs is 1. The van der Waals surface area contributed by atoms with E-state index in [1.54, 1.807) is 30.7 Å². The minimum Gasteiger partial charge on any atom is -0.493 e. The zero-order chi connectivity index (χ0) is 23.5. The summed E-state index contributed by atoms with van der Waals surface area (Å²) in [6.07, 6.45) is 6.15. The highest BCUT2D eigenvalue weighted by Crippen LogP contribution is 2.39. The van der Waals surface area contributed by atoms with Gasteiger partial charge in [0.1, 0.15) is 12.1 Å². The molecule has 0 saturated carbocycles. The number of ether oxygens (including phenoxy) is 1. The Kier molecular flexibility index (Phi) is 9.82. The van der Waals surface area contributed by atoms with Crippen molar-refractivity contribution in [2.75, 3.05) is 24.4 Å². The van der Waals surface area contributed by atoms with E-state index < -0.39 is 6.18 Å². The summed E-state index contributed by atoms with van der Waals surface area (Å²) >= 11 is 2.91. The average Bonchev–Trinajstić information content (AvgIpc) is 3.54. The first kappa shape index (κ1) is 25.3. The molecule has 180 valence electrons. The molecule has 0 bridgehead atoms. The van der Waals surface area contributed by atoms with Crippen LogP contribution in [0.2, 0.25) is 0 Å². The zero-order valence-electron chi connectivity index (χ0n) is 18.2. The van der Waals surface area contributed by atoms with Gasteiger partial charge in [-0.1, -0.05) is 12.5 Å². The first-order valence-corrected chi connectivity index (χ1v) is 12.2. The Labute approximate surface area is 199 Å². The van der Waals surface area contributed by atoms with Crippen molar-refractivity contribution in [2.24, 2.45) is 0 Å². The van der Waals surface area contributed by atoms with E-state index in [1.165, 1.54) is 49.4 Å². The summed E-state index contributed by atoms with van der Waals surface area (Å²) < 4.78 is 44.2. The van der Waals surface area contributed by atoms with Crippen molar-refractivity contribution < 1.29 is 17.9 Å². The average molecular weight is 501 g/mol. The normalized spacial score (nSPS) is 18.0. The molecule has 0 spiro atoms. The number of anilines is 1. The molecule has 2 aliphatic rings. The van der Waals surface area contributed by atoms with Gasteiger partial charge in [-0.15, -0.1) is 0 Å². The Morgan fingerprint density at radius 1 is 1.24 bits per heavy atom. The molecule has 1 unspecified atom stereocenters. The number of halogens is 3. The van der Waals surface area contributed by atoms with Gasteiger partial charge in [-0.25, -0.2) is 4.98 Å². The third kappa shape index (κ3) is 9.22. The van der Waals surface area contributed by atoms with Crippen molar-refractivity contribution >= 4 is 28.6 Å². The first-order valence-electron chi connectivity index (χ1n) is 10.6. The van der Waals surface area contributed by atoms with Gasteiger partial charge >= 0.3 is 6.18 Å². The molecule has 2 N–H and O–H groups in total. The van der Waals surface area contributed by atoms with Crippen molar-refractivity contribution in [3.8, 4) is 5.75 Å². The van der Waals surface area contributed by atoms with E-state index in [9.17, 15) is 13.2 Å². The highest BCUT2D eigenvalue weighted by Gasteiger charge is 2.28. The maximum absolute atomic E-state index is 10.4. The molecule has 2 aliphatic heterocycles. The molecule has 7 nitrogen and oxygen atoms in total. The lowest BCUT2D eigenvalue weighted by atomic mass is 9.97. The van der Waals surface area contributed by atoms with Gasteiger partial charge in [0.2, 0.25) is 5.13 Å². The Morgan fingerprint density at radius 2 is 2.03 bits per heavy atom. The van der Waals surface area contributed by atoms with Crippen LogP contribution in [0.25, 0.3) is 0 Å². The largest absolute Gasteiger partial charge is 0.493 e. The van der Waals surface area contributed by atoms with Crippen molar-refractivity contribution in [2.45, 2.75) is 49.7 Å². The van der Waals surface area contributed by atoms with Gasteiger partial charge in [0.25, 0.3) is 0 Å². The molecule has 1 saturated heterocycles. The van der Waals surface area contributed by atoms with Crippen LogP contribution in [0, 0.1) is 0 Å². The second-order valence-corrected chi connectivity index (χ2v) is 9.11. The fraction of sp³-hybridized carbons (Fsp3) is 0.476. The third-order valence-electron chi connectivity index (χ3n) is 4.85. The van der Waals surface area contributed by atoms with Gasteiger partial charge in [0.15, 0.2) is 0 Å². The van der Waals surface area contributed by atoms with E-state index in [0.717, 1.165) is 28.8 Å². The summed E-state index contributed by atoms with van der Waals surface area (Å²) in [6.45, 7) is 3.44. The van der Waals surface area contributed by atoms with Crippen LogP contribution in [0.1, 0.15) is 44.2 Å². The number of aromatic amines is 1. The Balaban J connectivity index is 0.000000256. The molecule has 5 rings (SSSR count). The number of nitrogens with one attached hydrogen (secondary N) is 2. The van der Waals surface area contributed by atoms with Gasteiger partial charge in [0, 0.05) is 53.8 Å². The van der Waals surface area contributed by atoms with E-state index in [-0.39, 0.29) is 6.92 Å². The fourth-order valence-electron chi connectivity index (χ4n) is 3.56. The van der Waals surface area contributed by atoms with Gasteiger partial charge in [-0.3, -0.25) is 10.00 Å². The van der Waals surface area contributed by atoms with Crippen molar-refractivity contribution in [3.63, 3.8) is 0 Å². The topological polar surface area (TPSA) is 79.0 Å². The van der Waals surface area contributed by atoms with Gasteiger partial charge in [-0.2, -0.15) is 22.6 Å². The standard InChI is InChI=1S/C16H20N4OS2.C3H4N2.C2H3F3/c1-2-7-20(8-3-1)14-6-9-21-15-10-12(4-5-13(14)15)22-19-16-17-11-18-23-16;1-2-4-5-3-1;1-2(3,4)5/h4-5,10-11,14H,1-3,6-9H2,(H,17,18,19);1-3H,(H,4,5);1H3. The molecule has 12 heteroatoms. The maximum Gasteiger partial charge on any atom is 0.386 e. The number of piperidine rings is 1. The number of hydrogen-bond acceptors (Lipinski definition) is 8. The smallest absolute Gasteiger partial charge is 0.386 e. The number of rotatable bonds is 4. The summed E-state index contributed by atoms with van der Waals surface area (Å²) in [4.78, 5) is 7.90. The predicted octanol–water partition coefficient (Wildman–Crippen LogP) is 5.95. The van der Waals surface area contributed by atoms with E-state index >= 15 is 0 Å². The molecule has 2 aromatic heterocycles. The SMILES string of the molecule is CC(F)(F)F.c1cn[nH]c1.c1nsc(NSc2ccc3c(c2)OCCC3N2CCCCC2)n1. The quantitative estimate of drug-likeness (QED) is 0.429. The third-order valence-corrected chi connectivity index (χ3v) is 6.34. The van der Waals surface area contributed by atoms with Crippen LogP contribution in [0.15, 0.2) is 47.9 Å². The molecule has 0 amide bonds. The Morgan fingerprint density at radius 3 is 2.64 bits per heavy atom. The van der Waals surface area contributed by atoms with E-state index in [4.69, 9.17) is 4.74 Å². The van der Waals surface area contributed by atoms with Crippen LogP contribution < -0.4 is 9.46 Å². The van der Waals surface area contributed by atoms with Crippen LogP contribution in [-0.2, 0) is 0 Å². The molecule has 0 aliphatic carbocycles. The molecule has 4 heterocycles. The van der Waals surface area contributed by atoms with E-state index in [1.807, 2.05) is 6.07 Å². The van der Waals surface area contributed by atoms with E-state index in [0.29, 0.717) is 6.04 Å². The van der Waals surface area contributed by atoms with Crippen molar-refractivity contribution in [1.29, 1.82) is 0 Å². The second-order valence-electron chi connectivity index (χ2n) is 7.45. The van der Waals surface area contributed by atoms with Crippen LogP contribution in [0.5, 0.6) is 5.75 Å². The first-order chi connectivity index (χ1) is 15.9. The summed E-state index contributed by atoms with van der Waals surface area (Å²) in [6, 6.07) is 8.90. The molecular formula is C21H27F3N6OS2. The molecule has 1 fully saturated rings. The zero-order valence-corrected chi connectivity index (χ0v) is 19.8. The summed E-state index contributed by atoms with van der Waals surface area (Å²) in [7, 11) is 0. The van der Waals surface area contributed by atoms with Crippen LogP contribution >= 0.6 is 23.5 Å². The second kappa shape index (κ2) is 12.8. The predicted molar refractivity (Wildman–Crippen MR) is 124 cm³/mol. The molecule has 1 atom stereocenters. The number of alkyl halides is 3. The van der Waals surface area contributed by atoms with Crippen LogP contribution in [0.4, 0.5) is 18.3 Å². The number of aromatic nitrogens is 4. The lowest BCUT2D eigenvalue weighted by Gasteiger charge is -2.38. The maximum atomic E-state index is 10.4. The fourth-order valence-corrected chi connectivity index (χ4v) is 4.68. The number of nitrogens with zero attached hydrogens (tertiary/aromatic N) is 4. The minimum absolute atomic E-state index is 0.188. The van der Waals surface area contributed by atoms with Crippen LogP contribution in [-0.4, -0.2) is 50.3 Å². The molecule has 33 heavy (non-hydrogen) atoms. The Bertz CT molecular complexity index is 896. The minimum atomic E-state index is -4.00. The summed E-state index contributed by atoms with van der Waals surface area (Å²) in [5, 5.41) is 7.03. The number of H-pyrrole nitrogens is 1. The number of hydrogen-bond donors (Lipinski definition) is 2. The number of benzene rings is 1.